The van der Waals surface area contributed by atoms with Gasteiger partial charge in [0.2, 0.25) is 0 Å². The van der Waals surface area contributed by atoms with E-state index in [1.807, 2.05) is 13.0 Å². The fourth-order valence-corrected chi connectivity index (χ4v) is 9.41. The molecule has 4 rings (SSSR count). The highest BCUT2D eigenvalue weighted by Crippen LogP contribution is 2.73. The topological polar surface area (TPSA) is 94.8 Å². The van der Waals surface area contributed by atoms with E-state index in [-0.39, 0.29) is 28.4 Å². The molecular weight excluding hydrogens is 440 g/mol. The molecule has 0 heterocycles. The molecule has 0 aromatic rings. The lowest BCUT2D eigenvalue weighted by Crippen LogP contribution is -2.67. The van der Waals surface area contributed by atoms with Crippen LogP contribution >= 0.6 is 0 Å². The zero-order valence-electron chi connectivity index (χ0n) is 22.3. The summed E-state index contributed by atoms with van der Waals surface area (Å²) in [5, 5.41) is 33.3. The Kier molecular flexibility index (Phi) is 7.73. The van der Waals surface area contributed by atoms with E-state index < -0.39 is 29.5 Å². The van der Waals surface area contributed by atoms with E-state index in [0.717, 1.165) is 44.9 Å². The lowest BCUT2D eigenvalue weighted by Gasteiger charge is -2.68. The van der Waals surface area contributed by atoms with Crippen molar-refractivity contribution < 1.29 is 24.9 Å². The van der Waals surface area contributed by atoms with Crippen molar-refractivity contribution in [1.82, 2.24) is 0 Å². The maximum Gasteiger partial charge on any atom is 0.190 e. The van der Waals surface area contributed by atoms with Crippen molar-refractivity contribution in [3.63, 3.8) is 0 Å². The van der Waals surface area contributed by atoms with Crippen LogP contribution in [0.4, 0.5) is 0 Å². The number of carbonyl (C=O) groups excluding carboxylic acids is 2. The minimum atomic E-state index is -1.57. The Hall–Kier alpha value is -1.04. The zero-order chi connectivity index (χ0) is 25.5. The summed E-state index contributed by atoms with van der Waals surface area (Å²) < 4.78 is 0. The van der Waals surface area contributed by atoms with Gasteiger partial charge in [-0.2, -0.15) is 0 Å². The first kappa shape index (κ1) is 27.0. The molecule has 0 aromatic heterocycles. The number of Topliss-reactive ketones (excluding diaryl/α,β-unsaturated/α-hetero) is 1. The molecule has 0 amide bonds. The van der Waals surface area contributed by atoms with Gasteiger partial charge in [0.05, 0.1) is 6.10 Å². The molecule has 198 valence electrons. The Balaban J connectivity index is 1.67. The van der Waals surface area contributed by atoms with Crippen LogP contribution in [0, 0.1) is 28.1 Å². The van der Waals surface area contributed by atoms with Crippen molar-refractivity contribution >= 4 is 11.6 Å². The molecule has 0 saturated heterocycles. The number of hydrogen-bond acceptors (Lipinski definition) is 5. The molecule has 4 aliphatic carbocycles. The predicted octanol–water partition coefficient (Wildman–Crippen LogP) is 5.29. The number of allylic oxidation sites excluding steroid dienone is 1. The second-order valence-electron chi connectivity index (χ2n) is 12.7. The fourth-order valence-electron chi connectivity index (χ4n) is 9.41. The van der Waals surface area contributed by atoms with E-state index in [1.54, 1.807) is 0 Å². The van der Waals surface area contributed by atoms with Gasteiger partial charge in [-0.05, 0) is 68.3 Å². The van der Waals surface area contributed by atoms with Gasteiger partial charge in [0.25, 0.3) is 0 Å². The summed E-state index contributed by atoms with van der Waals surface area (Å²) in [6.45, 7) is 5.86. The number of unbranched alkanes of at least 4 members (excludes halogenated alkanes) is 6. The number of aliphatic hydroxyl groups is 3. The molecule has 35 heavy (non-hydrogen) atoms. The van der Waals surface area contributed by atoms with Gasteiger partial charge < -0.3 is 15.3 Å². The average Bonchev–Trinajstić information content (AvgIpc) is 3.09. The predicted molar refractivity (Wildman–Crippen MR) is 137 cm³/mol. The normalized spacial score (nSPS) is 42.7. The van der Waals surface area contributed by atoms with Crippen LogP contribution in [0.2, 0.25) is 0 Å². The molecule has 0 bridgehead atoms. The first-order valence-corrected chi connectivity index (χ1v) is 14.4. The van der Waals surface area contributed by atoms with Gasteiger partial charge in [-0.3, -0.25) is 9.59 Å². The number of rotatable bonds is 10. The molecule has 5 nitrogen and oxygen atoms in total. The highest BCUT2D eigenvalue weighted by atomic mass is 16.3. The zero-order valence-corrected chi connectivity index (χ0v) is 22.3. The summed E-state index contributed by atoms with van der Waals surface area (Å²) in [4.78, 5) is 25.1. The van der Waals surface area contributed by atoms with Gasteiger partial charge in [-0.1, -0.05) is 71.3 Å². The quantitative estimate of drug-likeness (QED) is 0.363. The van der Waals surface area contributed by atoms with Gasteiger partial charge in [0, 0.05) is 17.3 Å². The van der Waals surface area contributed by atoms with Crippen molar-refractivity contribution in [1.29, 1.82) is 0 Å². The van der Waals surface area contributed by atoms with Crippen molar-refractivity contribution in [3.8, 4) is 0 Å². The van der Waals surface area contributed by atoms with E-state index in [1.165, 1.54) is 37.7 Å². The fraction of sp³-hybridized carbons (Fsp3) is 0.867. The lowest BCUT2D eigenvalue weighted by atomic mass is 9.37. The molecule has 0 aromatic carbocycles. The summed E-state index contributed by atoms with van der Waals surface area (Å²) >= 11 is 0. The summed E-state index contributed by atoms with van der Waals surface area (Å²) in [5.74, 6) is 0.0419. The lowest BCUT2D eigenvalue weighted by molar-refractivity contribution is -0.224. The van der Waals surface area contributed by atoms with Gasteiger partial charge in [0.1, 0.15) is 12.2 Å². The highest BCUT2D eigenvalue weighted by molar-refractivity contribution is 5.92. The third kappa shape index (κ3) is 3.99. The van der Waals surface area contributed by atoms with Crippen molar-refractivity contribution in [2.75, 3.05) is 6.61 Å². The minimum Gasteiger partial charge on any atom is -0.392 e. The molecule has 4 aliphatic rings. The third-order valence-electron chi connectivity index (χ3n) is 11.4. The molecule has 5 heteroatoms. The smallest absolute Gasteiger partial charge is 0.190 e. The molecule has 3 fully saturated rings. The highest BCUT2D eigenvalue weighted by Gasteiger charge is 2.72. The monoisotopic (exact) mass is 488 g/mol. The molecule has 0 radical (unpaired) electrons. The molecular formula is C30H48O5. The van der Waals surface area contributed by atoms with Crippen molar-refractivity contribution in [2.24, 2.45) is 28.1 Å². The van der Waals surface area contributed by atoms with Gasteiger partial charge in [-0.15, -0.1) is 0 Å². The Morgan fingerprint density at radius 2 is 1.69 bits per heavy atom. The van der Waals surface area contributed by atoms with E-state index in [9.17, 15) is 24.9 Å². The number of fused-ring (bicyclic) bond motifs is 5. The second kappa shape index (κ2) is 10.0. The van der Waals surface area contributed by atoms with E-state index in [0.29, 0.717) is 19.3 Å². The standard InChI is InChI=1S/C30H48O5/c1-4-5-6-7-8-9-10-15-29-24(12-11-21-18-22(32)13-16-27(21,29)2)23-14-17-30(35,26(34)20-31)28(23,3)19-25(29)33/h18,23-25,31,33,35H,4-17,19-20H2,1-3H3/t23-,24-,25-,27-,28-,29+,30-/m0/s1. The molecule has 0 aliphatic heterocycles. The Labute approximate surface area is 211 Å². The number of hydrogen-bond donors (Lipinski definition) is 3. The molecule has 7 atom stereocenters. The van der Waals surface area contributed by atoms with Gasteiger partial charge in [-0.25, -0.2) is 0 Å². The van der Waals surface area contributed by atoms with Crippen molar-refractivity contribution in [3.05, 3.63) is 11.6 Å². The van der Waals surface area contributed by atoms with Crippen LogP contribution < -0.4 is 0 Å². The SMILES string of the molecule is CCCCCCCCC[C@]12[C@@H](O)C[C@@]3(C)[C@@H](CC[C@]3(O)C(=O)CO)[C@@H]1CCC1=CC(=O)CC[C@@]12C. The molecule has 0 spiro atoms. The van der Waals surface area contributed by atoms with E-state index in [2.05, 4.69) is 13.8 Å². The van der Waals surface area contributed by atoms with Gasteiger partial charge in [0.15, 0.2) is 11.6 Å². The van der Waals surface area contributed by atoms with Crippen LogP contribution in [0.1, 0.15) is 117 Å². The first-order chi connectivity index (χ1) is 16.6. The first-order valence-electron chi connectivity index (χ1n) is 14.4. The van der Waals surface area contributed by atoms with E-state index in [4.69, 9.17) is 0 Å². The Morgan fingerprint density at radius 3 is 2.37 bits per heavy atom. The Morgan fingerprint density at radius 1 is 1.00 bits per heavy atom. The second-order valence-corrected chi connectivity index (χ2v) is 12.7. The number of carbonyl (C=O) groups is 2. The number of ketones is 2. The van der Waals surface area contributed by atoms with Crippen molar-refractivity contribution in [2.45, 2.75) is 129 Å². The van der Waals surface area contributed by atoms with Crippen LogP contribution in [0.15, 0.2) is 11.6 Å². The summed E-state index contributed by atoms with van der Waals surface area (Å²) in [5.41, 5.74) is -1.65. The van der Waals surface area contributed by atoms with Crippen LogP contribution in [0.25, 0.3) is 0 Å². The summed E-state index contributed by atoms with van der Waals surface area (Å²) in [7, 11) is 0. The summed E-state index contributed by atoms with van der Waals surface area (Å²) in [6, 6.07) is 0. The van der Waals surface area contributed by atoms with Crippen LogP contribution in [-0.2, 0) is 9.59 Å². The van der Waals surface area contributed by atoms with E-state index >= 15 is 0 Å². The maximum absolute atomic E-state index is 12.8. The van der Waals surface area contributed by atoms with Crippen LogP contribution in [0.3, 0.4) is 0 Å². The number of aliphatic hydroxyl groups excluding tert-OH is 2. The molecule has 3 N–H and O–H groups in total. The van der Waals surface area contributed by atoms with Gasteiger partial charge >= 0.3 is 0 Å². The Bertz CT molecular complexity index is 850. The molecule has 3 saturated carbocycles. The third-order valence-corrected chi connectivity index (χ3v) is 11.4. The van der Waals surface area contributed by atoms with Crippen LogP contribution in [0.5, 0.6) is 0 Å². The van der Waals surface area contributed by atoms with Crippen LogP contribution in [-0.4, -0.2) is 45.2 Å². The average molecular weight is 489 g/mol. The maximum atomic E-state index is 12.8. The molecule has 0 unspecified atom stereocenters. The largest absolute Gasteiger partial charge is 0.392 e. The minimum absolute atomic E-state index is 0.131. The summed E-state index contributed by atoms with van der Waals surface area (Å²) in [6.07, 6.45) is 15.3.